The first-order valence-electron chi connectivity index (χ1n) is 5.68. The van der Waals surface area contributed by atoms with Gasteiger partial charge in [0.05, 0.1) is 0 Å². The molecule has 13 heavy (non-hydrogen) atoms. The van der Waals surface area contributed by atoms with Gasteiger partial charge in [0.1, 0.15) is 0 Å². The number of hydrogen-bond acceptors (Lipinski definition) is 2. The minimum Gasteiger partial charge on any atom is -0.319 e. The van der Waals surface area contributed by atoms with Gasteiger partial charge in [0.2, 0.25) is 0 Å². The zero-order valence-electron chi connectivity index (χ0n) is 9.74. The molecule has 2 N–H and O–H groups in total. The van der Waals surface area contributed by atoms with Crippen LogP contribution in [-0.4, -0.2) is 26.7 Å². The summed E-state index contributed by atoms with van der Waals surface area (Å²) >= 11 is 0. The molecule has 0 aliphatic carbocycles. The lowest BCUT2D eigenvalue weighted by Gasteiger charge is -2.36. The van der Waals surface area contributed by atoms with E-state index in [9.17, 15) is 0 Å². The Bertz CT molecular complexity index is 101. The largest absolute Gasteiger partial charge is 0.319 e. The van der Waals surface area contributed by atoms with Gasteiger partial charge in [-0.1, -0.05) is 20.8 Å². The fraction of sp³-hybridized carbons (Fsp3) is 1.00. The molecule has 1 aliphatic rings. The van der Waals surface area contributed by atoms with Crippen molar-refractivity contribution in [2.24, 2.45) is 5.41 Å². The second-order valence-electron chi connectivity index (χ2n) is 3.66. The normalized spacial score (nSPS) is 27.7. The lowest BCUT2D eigenvalue weighted by molar-refractivity contribution is 0.197. The fourth-order valence-corrected chi connectivity index (χ4v) is 1.98. The van der Waals surface area contributed by atoms with Crippen LogP contribution in [0.25, 0.3) is 0 Å². The average Bonchev–Trinajstić information content (AvgIpc) is 2.23. The summed E-state index contributed by atoms with van der Waals surface area (Å²) in [4.78, 5) is 0. The topological polar surface area (TPSA) is 24.1 Å². The number of piperidine rings is 1. The highest BCUT2D eigenvalue weighted by Gasteiger charge is 2.28. The Balaban J connectivity index is 0.000000671. The van der Waals surface area contributed by atoms with Crippen LogP contribution >= 0.6 is 0 Å². The number of nitrogens with one attached hydrogen (secondary N) is 2. The van der Waals surface area contributed by atoms with Crippen molar-refractivity contribution < 1.29 is 0 Å². The zero-order valence-corrected chi connectivity index (χ0v) is 9.74. The van der Waals surface area contributed by atoms with Crippen LogP contribution in [-0.2, 0) is 0 Å². The summed E-state index contributed by atoms with van der Waals surface area (Å²) < 4.78 is 0. The highest BCUT2D eigenvalue weighted by molar-refractivity contribution is 4.85. The number of rotatable bonds is 3. The second-order valence-corrected chi connectivity index (χ2v) is 3.66. The monoisotopic (exact) mass is 186 g/mol. The second kappa shape index (κ2) is 7.34. The van der Waals surface area contributed by atoms with E-state index in [0.29, 0.717) is 5.41 Å². The summed E-state index contributed by atoms with van der Waals surface area (Å²) in [6, 6.07) is 0. The van der Waals surface area contributed by atoms with Crippen LogP contribution in [0.1, 0.15) is 40.0 Å². The summed E-state index contributed by atoms with van der Waals surface area (Å²) in [6.07, 6.45) is 4.02. The molecule has 1 atom stereocenters. The first-order valence-corrected chi connectivity index (χ1v) is 5.68. The molecule has 0 bridgehead atoms. The molecule has 0 amide bonds. The Kier molecular flexibility index (Phi) is 7.29. The van der Waals surface area contributed by atoms with Gasteiger partial charge in [-0.3, -0.25) is 0 Å². The molecule has 0 spiro atoms. The predicted molar refractivity (Wildman–Crippen MR) is 60.1 cm³/mol. The Morgan fingerprint density at radius 3 is 2.46 bits per heavy atom. The fourth-order valence-electron chi connectivity index (χ4n) is 1.98. The van der Waals surface area contributed by atoms with Crippen molar-refractivity contribution in [2.45, 2.75) is 40.0 Å². The third-order valence-corrected chi connectivity index (χ3v) is 2.86. The molecule has 1 saturated heterocycles. The molecule has 2 heteroatoms. The minimum atomic E-state index is 0.549. The van der Waals surface area contributed by atoms with Crippen LogP contribution in [0.4, 0.5) is 0 Å². The Morgan fingerprint density at radius 2 is 2.08 bits per heavy atom. The highest BCUT2D eigenvalue weighted by atomic mass is 14.9. The molecule has 0 aromatic heterocycles. The van der Waals surface area contributed by atoms with E-state index in [1.807, 2.05) is 20.9 Å². The van der Waals surface area contributed by atoms with Crippen molar-refractivity contribution in [2.75, 3.05) is 26.7 Å². The van der Waals surface area contributed by atoms with Gasteiger partial charge in [-0.15, -0.1) is 0 Å². The van der Waals surface area contributed by atoms with E-state index >= 15 is 0 Å². The molecule has 0 saturated carbocycles. The van der Waals surface area contributed by atoms with E-state index < -0.39 is 0 Å². The highest BCUT2D eigenvalue weighted by Crippen LogP contribution is 2.28. The maximum absolute atomic E-state index is 3.47. The Hall–Kier alpha value is -0.0800. The van der Waals surface area contributed by atoms with Crippen LogP contribution in [0, 0.1) is 5.41 Å². The third kappa shape index (κ3) is 4.10. The third-order valence-electron chi connectivity index (χ3n) is 2.86. The van der Waals surface area contributed by atoms with Crippen LogP contribution in [0.3, 0.4) is 0 Å². The van der Waals surface area contributed by atoms with Crippen LogP contribution in [0.15, 0.2) is 0 Å². The van der Waals surface area contributed by atoms with E-state index in [1.54, 1.807) is 0 Å². The maximum Gasteiger partial charge on any atom is 0.00199 e. The lowest BCUT2D eigenvalue weighted by Crippen LogP contribution is -2.45. The molecule has 1 heterocycles. The first kappa shape index (κ1) is 12.9. The standard InChI is InChI=1S/C9H20N2.C2H6/c1-3-9(7-10-2)5-4-6-11-8-9;1-2/h10-11H,3-8H2,1-2H3;1-2H3. The van der Waals surface area contributed by atoms with E-state index in [1.165, 1.54) is 32.4 Å². The van der Waals surface area contributed by atoms with E-state index in [0.717, 1.165) is 6.54 Å². The van der Waals surface area contributed by atoms with Crippen LogP contribution in [0.5, 0.6) is 0 Å². The molecule has 1 aliphatic heterocycles. The molecule has 0 radical (unpaired) electrons. The quantitative estimate of drug-likeness (QED) is 0.704. The molecule has 0 aromatic rings. The minimum absolute atomic E-state index is 0.549. The first-order chi connectivity index (χ1) is 6.33. The summed E-state index contributed by atoms with van der Waals surface area (Å²) in [5.74, 6) is 0. The molecule has 1 unspecified atom stereocenters. The van der Waals surface area contributed by atoms with Crippen molar-refractivity contribution >= 4 is 0 Å². The molecule has 80 valence electrons. The van der Waals surface area contributed by atoms with Crippen molar-refractivity contribution in [1.82, 2.24) is 10.6 Å². The van der Waals surface area contributed by atoms with Crippen LogP contribution in [0.2, 0.25) is 0 Å². The Labute approximate surface area is 83.5 Å². The summed E-state index contributed by atoms with van der Waals surface area (Å²) in [7, 11) is 2.05. The summed E-state index contributed by atoms with van der Waals surface area (Å²) in [6.45, 7) is 9.87. The van der Waals surface area contributed by atoms with Gasteiger partial charge in [-0.05, 0) is 38.3 Å². The van der Waals surface area contributed by atoms with Crippen LogP contribution < -0.4 is 10.6 Å². The summed E-state index contributed by atoms with van der Waals surface area (Å²) in [5.41, 5.74) is 0.549. The smallest absolute Gasteiger partial charge is 0.00199 e. The van der Waals surface area contributed by atoms with Gasteiger partial charge in [0.25, 0.3) is 0 Å². The van der Waals surface area contributed by atoms with Crippen molar-refractivity contribution in [3.8, 4) is 0 Å². The molecule has 2 nitrogen and oxygen atoms in total. The molecule has 0 aromatic carbocycles. The van der Waals surface area contributed by atoms with E-state index in [4.69, 9.17) is 0 Å². The molecule has 1 fully saturated rings. The van der Waals surface area contributed by atoms with Gasteiger partial charge in [0.15, 0.2) is 0 Å². The van der Waals surface area contributed by atoms with Crippen molar-refractivity contribution in [1.29, 1.82) is 0 Å². The molecular formula is C11H26N2. The molecular weight excluding hydrogens is 160 g/mol. The van der Waals surface area contributed by atoms with Crippen molar-refractivity contribution in [3.05, 3.63) is 0 Å². The lowest BCUT2D eigenvalue weighted by atomic mass is 9.78. The average molecular weight is 186 g/mol. The van der Waals surface area contributed by atoms with Crippen molar-refractivity contribution in [3.63, 3.8) is 0 Å². The van der Waals surface area contributed by atoms with Gasteiger partial charge in [-0.25, -0.2) is 0 Å². The van der Waals surface area contributed by atoms with E-state index in [2.05, 4.69) is 17.6 Å². The summed E-state index contributed by atoms with van der Waals surface area (Å²) in [5, 5.41) is 6.76. The van der Waals surface area contributed by atoms with Gasteiger partial charge in [0, 0.05) is 13.1 Å². The van der Waals surface area contributed by atoms with E-state index in [-0.39, 0.29) is 0 Å². The zero-order chi connectivity index (χ0) is 10.2. The number of hydrogen-bond donors (Lipinski definition) is 2. The van der Waals surface area contributed by atoms with Gasteiger partial charge >= 0.3 is 0 Å². The van der Waals surface area contributed by atoms with Gasteiger partial charge in [-0.2, -0.15) is 0 Å². The molecule has 1 rings (SSSR count). The Morgan fingerprint density at radius 1 is 1.38 bits per heavy atom. The maximum atomic E-state index is 3.47. The predicted octanol–water partition coefficient (Wildman–Crippen LogP) is 2.01. The van der Waals surface area contributed by atoms with Gasteiger partial charge < -0.3 is 10.6 Å². The SMILES string of the molecule is CC.CCC1(CNC)CCCNC1.